The third-order valence-electron chi connectivity index (χ3n) is 2.29. The Morgan fingerprint density at radius 3 is 2.53 bits per heavy atom. The van der Waals surface area contributed by atoms with Gasteiger partial charge in [-0.25, -0.2) is 17.6 Å². The SMILES string of the molecule is CCCS(=O)(=O)CC[n+]1ccn(CC)c1. The van der Waals surface area contributed by atoms with Gasteiger partial charge in [-0.05, 0) is 13.3 Å². The molecule has 0 saturated heterocycles. The highest BCUT2D eigenvalue weighted by Gasteiger charge is 2.11. The second kappa shape index (κ2) is 5.30. The zero-order valence-corrected chi connectivity index (χ0v) is 10.2. The molecule has 0 aliphatic carbocycles. The van der Waals surface area contributed by atoms with Gasteiger partial charge in [0.05, 0.1) is 18.1 Å². The summed E-state index contributed by atoms with van der Waals surface area (Å²) in [5.41, 5.74) is 0. The summed E-state index contributed by atoms with van der Waals surface area (Å²) in [4.78, 5) is 0. The normalized spacial score (nSPS) is 11.9. The van der Waals surface area contributed by atoms with Crippen LogP contribution in [0.25, 0.3) is 0 Å². The molecule has 0 radical (unpaired) electrons. The maximum absolute atomic E-state index is 11.5. The zero-order chi connectivity index (χ0) is 11.3. The predicted molar refractivity (Wildman–Crippen MR) is 59.2 cm³/mol. The van der Waals surface area contributed by atoms with Crippen LogP contribution in [0.5, 0.6) is 0 Å². The second-order valence-electron chi connectivity index (χ2n) is 3.63. The van der Waals surface area contributed by atoms with E-state index in [-0.39, 0.29) is 5.75 Å². The van der Waals surface area contributed by atoms with Gasteiger partial charge in [-0.2, -0.15) is 0 Å². The molecule has 0 aromatic carbocycles. The van der Waals surface area contributed by atoms with E-state index in [1.807, 2.05) is 34.8 Å². The van der Waals surface area contributed by atoms with Crippen molar-refractivity contribution in [3.63, 3.8) is 0 Å². The van der Waals surface area contributed by atoms with E-state index in [0.717, 1.165) is 6.54 Å². The topological polar surface area (TPSA) is 43.0 Å². The number of aryl methyl sites for hydroxylation is 2. The van der Waals surface area contributed by atoms with Crippen molar-refractivity contribution in [3.8, 4) is 0 Å². The van der Waals surface area contributed by atoms with Gasteiger partial charge in [0, 0.05) is 0 Å². The number of sulfone groups is 1. The molecule has 1 rings (SSSR count). The van der Waals surface area contributed by atoms with Crippen molar-refractivity contribution in [1.29, 1.82) is 0 Å². The summed E-state index contributed by atoms with van der Waals surface area (Å²) in [6.07, 6.45) is 6.49. The van der Waals surface area contributed by atoms with Gasteiger partial charge in [0.15, 0.2) is 9.84 Å². The van der Waals surface area contributed by atoms with Crippen molar-refractivity contribution in [3.05, 3.63) is 18.7 Å². The Bertz CT molecular complexity index is 395. The van der Waals surface area contributed by atoms with E-state index in [1.54, 1.807) is 0 Å². The summed E-state index contributed by atoms with van der Waals surface area (Å²) in [5, 5.41) is 0. The molecule has 1 aromatic rings. The van der Waals surface area contributed by atoms with Gasteiger partial charge in [-0.15, -0.1) is 0 Å². The molecule has 1 aromatic heterocycles. The molecule has 15 heavy (non-hydrogen) atoms. The minimum absolute atomic E-state index is 0.235. The van der Waals surface area contributed by atoms with E-state index in [9.17, 15) is 8.42 Å². The Kier molecular flexibility index (Phi) is 4.32. The first-order chi connectivity index (χ1) is 7.07. The average molecular weight is 231 g/mol. The summed E-state index contributed by atoms with van der Waals surface area (Å²) in [6.45, 7) is 5.40. The lowest BCUT2D eigenvalue weighted by atomic mass is 10.6. The van der Waals surface area contributed by atoms with Gasteiger partial charge in [0.25, 0.3) is 0 Å². The molecule has 0 bridgehead atoms. The highest BCUT2D eigenvalue weighted by molar-refractivity contribution is 7.91. The lowest BCUT2D eigenvalue weighted by Crippen LogP contribution is -2.35. The fraction of sp³-hybridized carbons (Fsp3) is 0.700. The summed E-state index contributed by atoms with van der Waals surface area (Å²) in [6, 6.07) is 0. The summed E-state index contributed by atoms with van der Waals surface area (Å²) < 4.78 is 26.9. The first kappa shape index (κ1) is 12.2. The van der Waals surface area contributed by atoms with Gasteiger partial charge in [-0.3, -0.25) is 0 Å². The van der Waals surface area contributed by atoms with Crippen LogP contribution in [-0.2, 0) is 22.9 Å². The van der Waals surface area contributed by atoms with Gasteiger partial charge >= 0.3 is 0 Å². The minimum Gasteiger partial charge on any atom is -0.237 e. The van der Waals surface area contributed by atoms with Crippen molar-refractivity contribution >= 4 is 9.84 Å². The van der Waals surface area contributed by atoms with Crippen LogP contribution in [0.2, 0.25) is 0 Å². The molecule has 0 fully saturated rings. The van der Waals surface area contributed by atoms with Crippen LogP contribution in [0.3, 0.4) is 0 Å². The van der Waals surface area contributed by atoms with E-state index in [1.165, 1.54) is 0 Å². The quantitative estimate of drug-likeness (QED) is 0.674. The minimum atomic E-state index is -2.86. The summed E-state index contributed by atoms with van der Waals surface area (Å²) in [7, 11) is -2.86. The molecule has 86 valence electrons. The van der Waals surface area contributed by atoms with E-state index >= 15 is 0 Å². The van der Waals surface area contributed by atoms with Crippen LogP contribution < -0.4 is 4.57 Å². The van der Waals surface area contributed by atoms with Crippen molar-refractivity contribution in [2.45, 2.75) is 33.4 Å². The highest BCUT2D eigenvalue weighted by Crippen LogP contribution is 1.93. The third kappa shape index (κ3) is 4.03. The molecule has 0 atom stereocenters. The summed E-state index contributed by atoms with van der Waals surface area (Å²) >= 11 is 0. The number of nitrogens with zero attached hydrogens (tertiary/aromatic N) is 2. The van der Waals surface area contributed by atoms with Crippen molar-refractivity contribution in [1.82, 2.24) is 4.57 Å². The van der Waals surface area contributed by atoms with E-state index in [2.05, 4.69) is 6.92 Å². The zero-order valence-electron chi connectivity index (χ0n) is 9.39. The fourth-order valence-corrected chi connectivity index (χ4v) is 2.73. The average Bonchev–Trinajstić information content (AvgIpc) is 2.62. The van der Waals surface area contributed by atoms with Gasteiger partial charge in [-0.1, -0.05) is 6.92 Å². The Labute approximate surface area is 91.5 Å². The van der Waals surface area contributed by atoms with Crippen molar-refractivity contribution < 1.29 is 13.0 Å². The van der Waals surface area contributed by atoms with E-state index in [0.29, 0.717) is 18.7 Å². The molecule has 5 heteroatoms. The number of aromatic nitrogens is 2. The fourth-order valence-electron chi connectivity index (χ4n) is 1.42. The smallest absolute Gasteiger partial charge is 0.237 e. The second-order valence-corrected chi connectivity index (χ2v) is 5.94. The molecule has 0 spiro atoms. The van der Waals surface area contributed by atoms with Gasteiger partial charge < -0.3 is 0 Å². The Morgan fingerprint density at radius 2 is 2.00 bits per heavy atom. The maximum Gasteiger partial charge on any atom is 0.243 e. The molecular weight excluding hydrogens is 212 g/mol. The first-order valence-corrected chi connectivity index (χ1v) is 7.14. The Morgan fingerprint density at radius 1 is 1.27 bits per heavy atom. The largest absolute Gasteiger partial charge is 0.243 e. The van der Waals surface area contributed by atoms with Crippen LogP contribution in [0.1, 0.15) is 20.3 Å². The number of hydrogen-bond donors (Lipinski definition) is 0. The molecule has 4 nitrogen and oxygen atoms in total. The maximum atomic E-state index is 11.5. The number of hydrogen-bond acceptors (Lipinski definition) is 2. The number of imidazole rings is 1. The molecule has 0 aliphatic heterocycles. The molecule has 0 unspecified atom stereocenters. The molecule has 0 saturated carbocycles. The van der Waals surface area contributed by atoms with Crippen LogP contribution in [-0.4, -0.2) is 24.5 Å². The van der Waals surface area contributed by atoms with Crippen molar-refractivity contribution in [2.24, 2.45) is 0 Å². The molecule has 0 amide bonds. The summed E-state index contributed by atoms with van der Waals surface area (Å²) in [5.74, 6) is 0.529. The van der Waals surface area contributed by atoms with Crippen LogP contribution >= 0.6 is 0 Å². The van der Waals surface area contributed by atoms with E-state index < -0.39 is 9.84 Å². The van der Waals surface area contributed by atoms with Crippen LogP contribution in [0.15, 0.2) is 18.7 Å². The molecular formula is C10H19N2O2S+. The van der Waals surface area contributed by atoms with Crippen molar-refractivity contribution in [2.75, 3.05) is 11.5 Å². The Hall–Kier alpha value is -0.840. The third-order valence-corrected chi connectivity index (χ3v) is 4.12. The van der Waals surface area contributed by atoms with E-state index in [4.69, 9.17) is 0 Å². The first-order valence-electron chi connectivity index (χ1n) is 5.32. The lowest BCUT2D eigenvalue weighted by molar-refractivity contribution is -0.692. The molecule has 1 heterocycles. The highest BCUT2D eigenvalue weighted by atomic mass is 32.2. The van der Waals surface area contributed by atoms with Gasteiger partial charge in [0.1, 0.15) is 18.9 Å². The van der Waals surface area contributed by atoms with Crippen LogP contribution in [0.4, 0.5) is 0 Å². The van der Waals surface area contributed by atoms with Gasteiger partial charge in [0.2, 0.25) is 6.33 Å². The standard InChI is InChI=1S/C10H19N2O2S/c1-3-8-15(13,14)9-7-12-6-5-11(4-2)10-12/h5-6,10H,3-4,7-9H2,1-2H3/q+1. The predicted octanol–water partition coefficient (Wildman–Crippen LogP) is 0.620. The molecule has 0 N–H and O–H groups in total. The number of rotatable bonds is 6. The molecule has 0 aliphatic rings. The monoisotopic (exact) mass is 231 g/mol. The Balaban J connectivity index is 2.50. The van der Waals surface area contributed by atoms with Crippen LogP contribution in [0, 0.1) is 0 Å². The lowest BCUT2D eigenvalue weighted by Gasteiger charge is -1.99.